The molecule has 0 atom stereocenters. The Hall–Kier alpha value is -1.58. The molecule has 0 unspecified atom stereocenters. The maximum atomic E-state index is 10.2. The zero-order chi connectivity index (χ0) is 13.1. The zero-order valence-electron chi connectivity index (χ0n) is 11.1. The maximum absolute atomic E-state index is 10.2. The van der Waals surface area contributed by atoms with Crippen LogP contribution in [0.3, 0.4) is 0 Å². The molecule has 1 saturated heterocycles. The van der Waals surface area contributed by atoms with Crippen molar-refractivity contribution in [1.29, 1.82) is 0 Å². The van der Waals surface area contributed by atoms with Crippen molar-refractivity contribution >= 4 is 10.8 Å². The fourth-order valence-electron chi connectivity index (χ4n) is 2.77. The van der Waals surface area contributed by atoms with Crippen molar-refractivity contribution in [3.8, 4) is 5.75 Å². The van der Waals surface area contributed by atoms with Crippen molar-refractivity contribution in [2.75, 3.05) is 26.2 Å². The summed E-state index contributed by atoms with van der Waals surface area (Å²) in [5.74, 6) is 0.413. The fraction of sp³-hybridized carbons (Fsp3) is 0.375. The number of benzene rings is 2. The Bertz CT molecular complexity index is 560. The smallest absolute Gasteiger partial charge is 0.120 e. The highest BCUT2D eigenvalue weighted by Crippen LogP contribution is 2.28. The van der Waals surface area contributed by atoms with Gasteiger partial charge in [-0.1, -0.05) is 30.3 Å². The van der Waals surface area contributed by atoms with Gasteiger partial charge in [-0.25, -0.2) is 0 Å². The highest BCUT2D eigenvalue weighted by Gasteiger charge is 2.13. The Morgan fingerprint density at radius 3 is 2.89 bits per heavy atom. The van der Waals surface area contributed by atoms with Crippen molar-refractivity contribution < 1.29 is 5.11 Å². The summed E-state index contributed by atoms with van der Waals surface area (Å²) < 4.78 is 0. The Morgan fingerprint density at radius 2 is 1.95 bits per heavy atom. The third-order valence-electron chi connectivity index (χ3n) is 3.83. The molecule has 0 bridgehead atoms. The Kier molecular flexibility index (Phi) is 3.67. The first-order chi connectivity index (χ1) is 9.34. The van der Waals surface area contributed by atoms with Crippen LogP contribution in [0.2, 0.25) is 0 Å². The van der Waals surface area contributed by atoms with Gasteiger partial charge >= 0.3 is 0 Å². The third-order valence-corrected chi connectivity index (χ3v) is 3.83. The van der Waals surface area contributed by atoms with Crippen molar-refractivity contribution in [2.45, 2.75) is 13.0 Å². The minimum Gasteiger partial charge on any atom is -0.508 e. The van der Waals surface area contributed by atoms with E-state index in [0.29, 0.717) is 5.75 Å². The average molecular weight is 256 g/mol. The molecule has 3 rings (SSSR count). The fourth-order valence-corrected chi connectivity index (χ4v) is 2.77. The van der Waals surface area contributed by atoms with Gasteiger partial charge in [0.15, 0.2) is 0 Å². The first-order valence-corrected chi connectivity index (χ1v) is 6.97. The molecular weight excluding hydrogens is 236 g/mol. The van der Waals surface area contributed by atoms with Crippen LogP contribution in [0, 0.1) is 0 Å². The first-order valence-electron chi connectivity index (χ1n) is 6.97. The topological polar surface area (TPSA) is 35.5 Å². The quantitative estimate of drug-likeness (QED) is 0.865. The van der Waals surface area contributed by atoms with Crippen LogP contribution in [-0.2, 0) is 6.54 Å². The predicted molar refractivity (Wildman–Crippen MR) is 78.4 cm³/mol. The summed E-state index contributed by atoms with van der Waals surface area (Å²) in [5.41, 5.74) is 1.06. The molecule has 0 spiro atoms. The molecule has 1 aliphatic rings. The summed E-state index contributed by atoms with van der Waals surface area (Å²) in [6.07, 6.45) is 1.17. The van der Waals surface area contributed by atoms with Crippen LogP contribution in [0.25, 0.3) is 10.8 Å². The van der Waals surface area contributed by atoms with E-state index in [1.165, 1.54) is 17.2 Å². The van der Waals surface area contributed by atoms with E-state index in [1.54, 1.807) is 0 Å². The van der Waals surface area contributed by atoms with Crippen LogP contribution in [0.5, 0.6) is 5.75 Å². The van der Waals surface area contributed by atoms with Crippen LogP contribution in [-0.4, -0.2) is 36.2 Å². The monoisotopic (exact) mass is 256 g/mol. The Balaban J connectivity index is 1.92. The molecule has 0 saturated carbocycles. The van der Waals surface area contributed by atoms with Crippen LogP contribution in [0.4, 0.5) is 0 Å². The minimum atomic E-state index is 0.413. The molecule has 3 heteroatoms. The van der Waals surface area contributed by atoms with Gasteiger partial charge in [0.25, 0.3) is 0 Å². The molecule has 2 aromatic carbocycles. The molecule has 0 aliphatic carbocycles. The van der Waals surface area contributed by atoms with Crippen molar-refractivity contribution in [1.82, 2.24) is 10.2 Å². The van der Waals surface area contributed by atoms with E-state index < -0.39 is 0 Å². The molecule has 3 nitrogen and oxygen atoms in total. The number of phenols is 1. The summed E-state index contributed by atoms with van der Waals surface area (Å²) in [6, 6.07) is 12.1. The summed E-state index contributed by atoms with van der Waals surface area (Å²) in [5, 5.41) is 15.9. The van der Waals surface area contributed by atoms with Gasteiger partial charge in [-0.2, -0.15) is 0 Å². The number of hydrogen-bond donors (Lipinski definition) is 2. The lowest BCUT2D eigenvalue weighted by atomic mass is 10.0. The van der Waals surface area contributed by atoms with Crippen molar-refractivity contribution in [2.24, 2.45) is 0 Å². The lowest BCUT2D eigenvalue weighted by molar-refractivity contribution is 0.281. The molecule has 0 amide bonds. The standard InChI is InChI=1S/C16H20N2O/c19-16-7-6-13-4-1-2-5-14(13)15(16)12-18-10-3-8-17-9-11-18/h1-2,4-7,17,19H,3,8-12H2. The minimum absolute atomic E-state index is 0.413. The van der Waals surface area contributed by atoms with E-state index in [1.807, 2.05) is 24.3 Å². The zero-order valence-corrected chi connectivity index (χ0v) is 11.1. The Morgan fingerprint density at radius 1 is 1.05 bits per heavy atom. The number of nitrogens with one attached hydrogen (secondary N) is 1. The molecule has 19 heavy (non-hydrogen) atoms. The molecule has 0 radical (unpaired) electrons. The summed E-state index contributed by atoms with van der Waals surface area (Å²) >= 11 is 0. The van der Waals surface area contributed by atoms with E-state index in [4.69, 9.17) is 0 Å². The highest BCUT2D eigenvalue weighted by molar-refractivity contribution is 5.87. The SMILES string of the molecule is Oc1ccc2ccccc2c1CN1CCCNCC1. The molecule has 1 aliphatic heterocycles. The van der Waals surface area contributed by atoms with Crippen LogP contribution >= 0.6 is 0 Å². The summed E-state index contributed by atoms with van der Waals surface area (Å²) in [4.78, 5) is 2.42. The van der Waals surface area contributed by atoms with Crippen LogP contribution in [0.15, 0.2) is 36.4 Å². The number of rotatable bonds is 2. The van der Waals surface area contributed by atoms with E-state index >= 15 is 0 Å². The second-order valence-electron chi connectivity index (χ2n) is 5.16. The second-order valence-corrected chi connectivity index (χ2v) is 5.16. The molecule has 2 N–H and O–H groups in total. The molecular formula is C16H20N2O. The molecule has 100 valence electrons. The number of aromatic hydroxyl groups is 1. The van der Waals surface area contributed by atoms with E-state index in [0.717, 1.165) is 38.3 Å². The van der Waals surface area contributed by atoms with Gasteiger partial charge < -0.3 is 10.4 Å². The van der Waals surface area contributed by atoms with E-state index in [2.05, 4.69) is 22.3 Å². The second kappa shape index (κ2) is 5.59. The lowest BCUT2D eigenvalue weighted by Crippen LogP contribution is -2.27. The molecule has 2 aromatic rings. The summed E-state index contributed by atoms with van der Waals surface area (Å²) in [7, 11) is 0. The molecule has 1 heterocycles. The van der Waals surface area contributed by atoms with Gasteiger partial charge in [0.2, 0.25) is 0 Å². The third kappa shape index (κ3) is 2.72. The van der Waals surface area contributed by atoms with Crippen LogP contribution < -0.4 is 5.32 Å². The van der Waals surface area contributed by atoms with Gasteiger partial charge in [0, 0.05) is 25.2 Å². The predicted octanol–water partition coefficient (Wildman–Crippen LogP) is 2.34. The largest absolute Gasteiger partial charge is 0.508 e. The average Bonchev–Trinajstić information content (AvgIpc) is 2.71. The maximum Gasteiger partial charge on any atom is 0.120 e. The number of fused-ring (bicyclic) bond motifs is 1. The lowest BCUT2D eigenvalue weighted by Gasteiger charge is -2.21. The van der Waals surface area contributed by atoms with Crippen molar-refractivity contribution in [3.05, 3.63) is 42.0 Å². The van der Waals surface area contributed by atoms with Crippen LogP contribution in [0.1, 0.15) is 12.0 Å². The van der Waals surface area contributed by atoms with Gasteiger partial charge in [0.1, 0.15) is 5.75 Å². The van der Waals surface area contributed by atoms with Gasteiger partial charge in [-0.05, 0) is 36.3 Å². The van der Waals surface area contributed by atoms with E-state index in [9.17, 15) is 5.11 Å². The normalized spacial score (nSPS) is 17.5. The highest BCUT2D eigenvalue weighted by atomic mass is 16.3. The first kappa shape index (κ1) is 12.5. The number of hydrogen-bond acceptors (Lipinski definition) is 3. The molecule has 1 fully saturated rings. The molecule has 0 aromatic heterocycles. The van der Waals surface area contributed by atoms with Crippen molar-refractivity contribution in [3.63, 3.8) is 0 Å². The van der Waals surface area contributed by atoms with E-state index in [-0.39, 0.29) is 0 Å². The number of phenolic OH excluding ortho intramolecular Hbond substituents is 1. The van der Waals surface area contributed by atoms with Gasteiger partial charge in [0.05, 0.1) is 0 Å². The number of nitrogens with zero attached hydrogens (tertiary/aromatic N) is 1. The Labute approximate surface area is 113 Å². The van der Waals surface area contributed by atoms with Gasteiger partial charge in [-0.3, -0.25) is 4.90 Å². The van der Waals surface area contributed by atoms with Gasteiger partial charge in [-0.15, -0.1) is 0 Å². The summed E-state index contributed by atoms with van der Waals surface area (Å²) in [6.45, 7) is 5.09.